The minimum Gasteiger partial charge on any atom is -0.324 e. The predicted octanol–water partition coefficient (Wildman–Crippen LogP) is 4.16. The van der Waals surface area contributed by atoms with Gasteiger partial charge >= 0.3 is 11.7 Å². The summed E-state index contributed by atoms with van der Waals surface area (Å²) in [4.78, 5) is 29.7. The highest BCUT2D eigenvalue weighted by molar-refractivity contribution is 6.30. The Kier molecular flexibility index (Phi) is 4.66. The first-order valence-corrected chi connectivity index (χ1v) is 9.42. The normalized spacial score (nSPS) is 15.3. The van der Waals surface area contributed by atoms with Crippen molar-refractivity contribution < 1.29 is 4.79 Å². The molecule has 1 aliphatic heterocycles. The second-order valence-electron chi connectivity index (χ2n) is 6.92. The number of carbonyl (C=O) groups excluding carboxylic acids is 1. The fourth-order valence-electron chi connectivity index (χ4n) is 3.72. The van der Waals surface area contributed by atoms with Crippen molar-refractivity contribution in [2.45, 2.75) is 25.8 Å². The van der Waals surface area contributed by atoms with E-state index < -0.39 is 0 Å². The lowest BCUT2D eigenvalue weighted by Crippen LogP contribution is -2.42. The number of para-hydroxylation sites is 1. The van der Waals surface area contributed by atoms with Crippen LogP contribution in [0.4, 0.5) is 10.5 Å². The summed E-state index contributed by atoms with van der Waals surface area (Å²) < 4.78 is 1.84. The van der Waals surface area contributed by atoms with Gasteiger partial charge in [0.1, 0.15) is 0 Å². The zero-order chi connectivity index (χ0) is 19.0. The first-order chi connectivity index (χ1) is 13.0. The van der Waals surface area contributed by atoms with Crippen LogP contribution in [0.5, 0.6) is 0 Å². The quantitative estimate of drug-likeness (QED) is 0.696. The molecular formula is C20H21ClN4O2. The maximum atomic E-state index is 12.5. The number of hydrogen-bond acceptors (Lipinski definition) is 2. The van der Waals surface area contributed by atoms with Gasteiger partial charge in [0.2, 0.25) is 0 Å². The van der Waals surface area contributed by atoms with Crippen LogP contribution in [-0.2, 0) is 0 Å². The molecule has 27 heavy (non-hydrogen) atoms. The molecule has 0 saturated carbocycles. The number of benzene rings is 2. The van der Waals surface area contributed by atoms with E-state index in [1.807, 2.05) is 29.7 Å². The van der Waals surface area contributed by atoms with Gasteiger partial charge in [-0.1, -0.05) is 23.7 Å². The molecule has 4 rings (SSSR count). The number of fused-ring (bicyclic) bond motifs is 1. The van der Waals surface area contributed by atoms with Crippen LogP contribution in [0.2, 0.25) is 5.02 Å². The van der Waals surface area contributed by atoms with E-state index in [0.717, 1.165) is 35.1 Å². The molecule has 7 heteroatoms. The molecule has 1 fully saturated rings. The number of rotatable bonds is 2. The number of aromatic nitrogens is 2. The van der Waals surface area contributed by atoms with Crippen molar-refractivity contribution in [3.8, 4) is 0 Å². The fraction of sp³-hybridized carbons (Fsp3) is 0.300. The number of anilines is 1. The first kappa shape index (κ1) is 17.7. The van der Waals surface area contributed by atoms with Crippen LogP contribution in [0.25, 0.3) is 11.0 Å². The van der Waals surface area contributed by atoms with E-state index >= 15 is 0 Å². The number of aromatic amines is 1. The van der Waals surface area contributed by atoms with Crippen LogP contribution in [0.15, 0.2) is 47.3 Å². The summed E-state index contributed by atoms with van der Waals surface area (Å²) >= 11 is 5.87. The van der Waals surface area contributed by atoms with Gasteiger partial charge < -0.3 is 15.2 Å². The van der Waals surface area contributed by atoms with E-state index in [9.17, 15) is 9.59 Å². The summed E-state index contributed by atoms with van der Waals surface area (Å²) in [5, 5.41) is 3.52. The maximum Gasteiger partial charge on any atom is 0.326 e. The molecule has 140 valence electrons. The summed E-state index contributed by atoms with van der Waals surface area (Å²) in [5.74, 6) is 0. The van der Waals surface area contributed by atoms with E-state index in [1.165, 1.54) is 0 Å². The van der Waals surface area contributed by atoms with Crippen molar-refractivity contribution in [1.82, 2.24) is 14.5 Å². The molecule has 0 radical (unpaired) electrons. The summed E-state index contributed by atoms with van der Waals surface area (Å²) in [6.45, 7) is 3.20. The second kappa shape index (κ2) is 7.12. The topological polar surface area (TPSA) is 70.1 Å². The van der Waals surface area contributed by atoms with Gasteiger partial charge in [-0.25, -0.2) is 9.59 Å². The zero-order valence-electron chi connectivity index (χ0n) is 15.0. The molecule has 2 amide bonds. The smallest absolute Gasteiger partial charge is 0.324 e. The van der Waals surface area contributed by atoms with Crippen LogP contribution in [-0.4, -0.2) is 33.6 Å². The number of halogens is 1. The van der Waals surface area contributed by atoms with Gasteiger partial charge in [0.05, 0.1) is 11.0 Å². The number of nitrogens with one attached hydrogen (secondary N) is 2. The standard InChI is InChI=1S/C20H21ClN4O2/c1-13-3-2-4-17-18(13)23-20(27)25(17)16-9-11-24(12-10-16)19(26)22-15-7-5-14(21)6-8-15/h2-8,16H,9-12H2,1H3,(H,22,26)(H,23,27). The number of urea groups is 1. The van der Waals surface area contributed by atoms with Crippen molar-refractivity contribution in [2.75, 3.05) is 18.4 Å². The zero-order valence-corrected chi connectivity index (χ0v) is 15.8. The number of hydrogen-bond donors (Lipinski definition) is 2. The lowest BCUT2D eigenvalue weighted by molar-refractivity contribution is 0.184. The summed E-state index contributed by atoms with van der Waals surface area (Å²) in [7, 11) is 0. The third-order valence-electron chi connectivity index (χ3n) is 5.17. The molecule has 0 aliphatic carbocycles. The number of aryl methyl sites for hydroxylation is 1. The van der Waals surface area contributed by atoms with E-state index in [0.29, 0.717) is 18.1 Å². The minimum absolute atomic E-state index is 0.0802. The van der Waals surface area contributed by atoms with Gasteiger partial charge in [-0.3, -0.25) is 4.57 Å². The molecule has 6 nitrogen and oxygen atoms in total. The monoisotopic (exact) mass is 384 g/mol. The van der Waals surface area contributed by atoms with Gasteiger partial charge in [0, 0.05) is 29.8 Å². The number of carbonyl (C=O) groups is 1. The molecule has 2 N–H and O–H groups in total. The molecule has 0 spiro atoms. The predicted molar refractivity (Wildman–Crippen MR) is 108 cm³/mol. The number of amides is 2. The van der Waals surface area contributed by atoms with E-state index in [1.54, 1.807) is 29.2 Å². The highest BCUT2D eigenvalue weighted by atomic mass is 35.5. The Morgan fingerprint density at radius 1 is 1.15 bits per heavy atom. The maximum absolute atomic E-state index is 12.5. The molecule has 1 saturated heterocycles. The lowest BCUT2D eigenvalue weighted by atomic mass is 10.0. The number of nitrogens with zero attached hydrogens (tertiary/aromatic N) is 2. The van der Waals surface area contributed by atoms with Gasteiger partial charge in [0.15, 0.2) is 0 Å². The third-order valence-corrected chi connectivity index (χ3v) is 5.43. The average molecular weight is 385 g/mol. The lowest BCUT2D eigenvalue weighted by Gasteiger charge is -2.32. The molecule has 2 heterocycles. The Hall–Kier alpha value is -2.73. The number of likely N-dealkylation sites (tertiary alicyclic amines) is 1. The van der Waals surface area contributed by atoms with E-state index in [2.05, 4.69) is 10.3 Å². The highest BCUT2D eigenvalue weighted by Gasteiger charge is 2.26. The molecule has 3 aromatic rings. The van der Waals surface area contributed by atoms with Crippen molar-refractivity contribution in [2.24, 2.45) is 0 Å². The first-order valence-electron chi connectivity index (χ1n) is 9.04. The Morgan fingerprint density at radius 3 is 2.56 bits per heavy atom. The number of H-pyrrole nitrogens is 1. The van der Waals surface area contributed by atoms with Crippen LogP contribution < -0.4 is 11.0 Å². The highest BCUT2D eigenvalue weighted by Crippen LogP contribution is 2.26. The van der Waals surface area contributed by atoms with Crippen molar-refractivity contribution >= 4 is 34.4 Å². The second-order valence-corrected chi connectivity index (χ2v) is 7.36. The largest absolute Gasteiger partial charge is 0.326 e. The minimum atomic E-state index is -0.127. The summed E-state index contributed by atoms with van der Waals surface area (Å²) in [5.41, 5.74) is 3.52. The van der Waals surface area contributed by atoms with E-state index in [4.69, 9.17) is 11.6 Å². The van der Waals surface area contributed by atoms with Gasteiger partial charge in [-0.2, -0.15) is 0 Å². The van der Waals surface area contributed by atoms with Crippen molar-refractivity contribution in [3.05, 3.63) is 63.5 Å². The third kappa shape index (κ3) is 3.45. The molecule has 1 aliphatic rings. The Labute approximate surface area is 161 Å². The van der Waals surface area contributed by atoms with Crippen LogP contribution >= 0.6 is 11.6 Å². The Bertz CT molecular complexity index is 1030. The molecule has 1 aromatic heterocycles. The molecule has 0 unspecified atom stereocenters. The SMILES string of the molecule is Cc1cccc2c1[nH]c(=O)n2C1CCN(C(=O)Nc2ccc(Cl)cc2)CC1. The Morgan fingerprint density at radius 2 is 1.85 bits per heavy atom. The average Bonchev–Trinajstić information content (AvgIpc) is 3.01. The van der Waals surface area contributed by atoms with Gasteiger partial charge in [-0.15, -0.1) is 0 Å². The van der Waals surface area contributed by atoms with Gasteiger partial charge in [0.25, 0.3) is 0 Å². The number of piperidine rings is 1. The van der Waals surface area contributed by atoms with Crippen molar-refractivity contribution in [3.63, 3.8) is 0 Å². The van der Waals surface area contributed by atoms with Gasteiger partial charge in [-0.05, 0) is 55.7 Å². The Balaban J connectivity index is 1.45. The molecular weight excluding hydrogens is 364 g/mol. The number of imidazole rings is 1. The molecule has 0 bridgehead atoms. The van der Waals surface area contributed by atoms with E-state index in [-0.39, 0.29) is 17.8 Å². The molecule has 2 aromatic carbocycles. The van der Waals surface area contributed by atoms with Crippen LogP contribution in [0.3, 0.4) is 0 Å². The van der Waals surface area contributed by atoms with Crippen molar-refractivity contribution in [1.29, 1.82) is 0 Å². The summed E-state index contributed by atoms with van der Waals surface area (Å²) in [6.07, 6.45) is 1.49. The molecule has 0 atom stereocenters. The van der Waals surface area contributed by atoms with Crippen LogP contribution in [0.1, 0.15) is 24.4 Å². The fourth-order valence-corrected chi connectivity index (χ4v) is 3.84. The summed E-state index contributed by atoms with van der Waals surface area (Å²) in [6, 6.07) is 12.9. The van der Waals surface area contributed by atoms with Crippen LogP contribution in [0, 0.1) is 6.92 Å².